The minimum Gasteiger partial charge on any atom is -0.380 e. The van der Waals surface area contributed by atoms with Crippen molar-refractivity contribution in [1.82, 2.24) is 0 Å². The van der Waals surface area contributed by atoms with E-state index in [-0.39, 0.29) is 31.1 Å². The van der Waals surface area contributed by atoms with Crippen molar-refractivity contribution in [2.75, 3.05) is 19.0 Å². The first kappa shape index (κ1) is 18.7. The molecule has 1 atom stereocenters. The maximum absolute atomic E-state index is 12.5. The minimum atomic E-state index is -4.44. The van der Waals surface area contributed by atoms with Gasteiger partial charge in [0.25, 0.3) is 0 Å². The molecule has 8 heteroatoms. The van der Waals surface area contributed by atoms with Gasteiger partial charge in [0.05, 0.1) is 18.1 Å². The van der Waals surface area contributed by atoms with E-state index in [2.05, 4.69) is 5.32 Å². The fourth-order valence-electron chi connectivity index (χ4n) is 1.45. The largest absolute Gasteiger partial charge is 0.416 e. The van der Waals surface area contributed by atoms with Gasteiger partial charge in [-0.2, -0.15) is 13.2 Å². The van der Waals surface area contributed by atoms with E-state index < -0.39 is 23.8 Å². The molecule has 114 valence electrons. The van der Waals surface area contributed by atoms with Gasteiger partial charge in [0, 0.05) is 19.3 Å². The van der Waals surface area contributed by atoms with Crippen LogP contribution < -0.4 is 11.1 Å². The quantitative estimate of drug-likeness (QED) is 0.877. The number of carbonyl (C=O) groups is 1. The summed E-state index contributed by atoms with van der Waals surface area (Å²) in [7, 11) is 1.41. The highest BCUT2D eigenvalue weighted by atomic mass is 35.5. The number of halogens is 4. The number of nitrogens with two attached hydrogens (primary N) is 1. The second-order valence-electron chi connectivity index (χ2n) is 3.92. The lowest BCUT2D eigenvalue weighted by molar-refractivity contribution is -0.137. The Labute approximate surface area is 120 Å². The van der Waals surface area contributed by atoms with Gasteiger partial charge < -0.3 is 15.8 Å². The Morgan fingerprint density at radius 3 is 2.60 bits per heavy atom. The van der Waals surface area contributed by atoms with Crippen LogP contribution in [-0.4, -0.2) is 25.7 Å². The molecule has 0 spiro atoms. The summed E-state index contributed by atoms with van der Waals surface area (Å²) in [6.07, 6.45) is -4.90. The number of alkyl halides is 3. The van der Waals surface area contributed by atoms with E-state index in [4.69, 9.17) is 10.5 Å². The zero-order chi connectivity index (χ0) is 14.5. The Kier molecular flexibility index (Phi) is 7.55. The summed E-state index contributed by atoms with van der Waals surface area (Å²) in [6, 6.07) is 4.43. The molecule has 1 amide bonds. The molecule has 1 aromatic rings. The van der Waals surface area contributed by atoms with Gasteiger partial charge >= 0.3 is 6.18 Å². The van der Waals surface area contributed by atoms with Gasteiger partial charge in [-0.15, -0.1) is 12.4 Å². The van der Waals surface area contributed by atoms with E-state index >= 15 is 0 Å². The van der Waals surface area contributed by atoms with Crippen LogP contribution in [0.3, 0.4) is 0 Å². The molecule has 20 heavy (non-hydrogen) atoms. The van der Waals surface area contributed by atoms with Crippen molar-refractivity contribution in [2.24, 2.45) is 5.73 Å². The summed E-state index contributed by atoms with van der Waals surface area (Å²) >= 11 is 0. The molecule has 0 fully saturated rings. The lowest BCUT2D eigenvalue weighted by atomic mass is 10.2. The second kappa shape index (κ2) is 8.08. The first-order valence-electron chi connectivity index (χ1n) is 5.56. The van der Waals surface area contributed by atoms with Gasteiger partial charge in [-0.1, -0.05) is 6.07 Å². The van der Waals surface area contributed by atoms with E-state index in [9.17, 15) is 18.0 Å². The van der Waals surface area contributed by atoms with Crippen molar-refractivity contribution >= 4 is 24.0 Å². The third-order valence-corrected chi connectivity index (χ3v) is 2.48. The molecule has 0 aromatic heterocycles. The van der Waals surface area contributed by atoms with E-state index in [1.165, 1.54) is 19.2 Å². The first-order chi connectivity index (χ1) is 8.86. The highest BCUT2D eigenvalue weighted by molar-refractivity contribution is 5.91. The third-order valence-electron chi connectivity index (χ3n) is 2.48. The molecule has 0 radical (unpaired) electrons. The summed E-state index contributed by atoms with van der Waals surface area (Å²) in [4.78, 5) is 11.6. The number of nitrogens with one attached hydrogen (secondary N) is 1. The van der Waals surface area contributed by atoms with Crippen LogP contribution in [0, 0.1) is 0 Å². The first-order valence-corrected chi connectivity index (χ1v) is 5.56. The molecular formula is C12H16ClF3N2O2. The number of ether oxygens (including phenoxy) is 1. The predicted molar refractivity (Wildman–Crippen MR) is 71.8 cm³/mol. The molecular weight excluding hydrogens is 297 g/mol. The van der Waals surface area contributed by atoms with E-state index in [1.54, 1.807) is 0 Å². The van der Waals surface area contributed by atoms with Crippen LogP contribution in [0.15, 0.2) is 24.3 Å². The summed E-state index contributed by atoms with van der Waals surface area (Å²) in [5.41, 5.74) is 4.63. The van der Waals surface area contributed by atoms with Crippen molar-refractivity contribution in [2.45, 2.75) is 18.7 Å². The number of benzene rings is 1. The monoisotopic (exact) mass is 312 g/mol. The second-order valence-corrected chi connectivity index (χ2v) is 3.92. The lowest BCUT2D eigenvalue weighted by Crippen LogP contribution is -2.28. The lowest BCUT2D eigenvalue weighted by Gasteiger charge is -2.13. The van der Waals surface area contributed by atoms with Crippen LogP contribution in [0.2, 0.25) is 0 Å². The highest BCUT2D eigenvalue weighted by Gasteiger charge is 2.30. The van der Waals surface area contributed by atoms with Gasteiger partial charge in [-0.25, -0.2) is 0 Å². The molecule has 3 N–H and O–H groups in total. The van der Waals surface area contributed by atoms with Crippen LogP contribution in [0.5, 0.6) is 0 Å². The molecule has 4 nitrogen and oxygen atoms in total. The molecule has 0 saturated carbocycles. The van der Waals surface area contributed by atoms with E-state index in [0.29, 0.717) is 0 Å². The van der Waals surface area contributed by atoms with Crippen LogP contribution >= 0.6 is 12.4 Å². The average molecular weight is 313 g/mol. The Morgan fingerprint density at radius 1 is 1.45 bits per heavy atom. The number of anilines is 1. The normalized spacial score (nSPS) is 12.4. The Morgan fingerprint density at radius 2 is 2.10 bits per heavy atom. The van der Waals surface area contributed by atoms with Crippen LogP contribution in [0.4, 0.5) is 18.9 Å². The summed E-state index contributed by atoms with van der Waals surface area (Å²) in [6.45, 7) is 0.159. The smallest absolute Gasteiger partial charge is 0.380 e. The number of methoxy groups -OCH3 is 1. The van der Waals surface area contributed by atoms with Crippen molar-refractivity contribution in [3.8, 4) is 0 Å². The highest BCUT2D eigenvalue weighted by Crippen LogP contribution is 2.30. The molecule has 0 aliphatic heterocycles. The standard InChI is InChI=1S/C12H15F3N2O2.ClH/c1-19-10(7-16)6-11(18)17-9-4-2-3-8(5-9)12(13,14)15;/h2-5,10H,6-7,16H2,1H3,(H,17,18);1H. The number of hydrogen-bond donors (Lipinski definition) is 2. The third kappa shape index (κ3) is 5.77. The SMILES string of the molecule is COC(CN)CC(=O)Nc1cccc(C(F)(F)F)c1.Cl. The number of amides is 1. The van der Waals surface area contributed by atoms with Crippen LogP contribution in [0.1, 0.15) is 12.0 Å². The molecule has 0 saturated heterocycles. The Bertz CT molecular complexity index is 437. The fraction of sp³-hybridized carbons (Fsp3) is 0.417. The summed E-state index contributed by atoms with van der Waals surface area (Å²) in [5.74, 6) is -0.448. The Balaban J connectivity index is 0.00000361. The fourth-order valence-corrected chi connectivity index (χ4v) is 1.45. The molecule has 1 aromatic carbocycles. The molecule has 1 rings (SSSR count). The van der Waals surface area contributed by atoms with Crippen LogP contribution in [-0.2, 0) is 15.7 Å². The van der Waals surface area contributed by atoms with Gasteiger partial charge in [0.15, 0.2) is 0 Å². The molecule has 0 aliphatic carbocycles. The number of rotatable bonds is 5. The van der Waals surface area contributed by atoms with Gasteiger partial charge in [0.2, 0.25) is 5.91 Å². The number of carbonyl (C=O) groups excluding carboxylic acids is 1. The summed E-state index contributed by atoms with van der Waals surface area (Å²) < 4.78 is 42.3. The van der Waals surface area contributed by atoms with Gasteiger partial charge in [0.1, 0.15) is 0 Å². The predicted octanol–water partition coefficient (Wildman–Crippen LogP) is 2.43. The van der Waals surface area contributed by atoms with Crippen molar-refractivity contribution < 1.29 is 22.7 Å². The maximum atomic E-state index is 12.5. The van der Waals surface area contributed by atoms with Gasteiger partial charge in [-0.3, -0.25) is 4.79 Å². The average Bonchev–Trinajstić information content (AvgIpc) is 2.35. The maximum Gasteiger partial charge on any atom is 0.416 e. The van der Waals surface area contributed by atoms with Gasteiger partial charge in [-0.05, 0) is 18.2 Å². The topological polar surface area (TPSA) is 64.3 Å². The van der Waals surface area contributed by atoms with Crippen LogP contribution in [0.25, 0.3) is 0 Å². The van der Waals surface area contributed by atoms with Crippen molar-refractivity contribution in [1.29, 1.82) is 0 Å². The molecule has 0 heterocycles. The zero-order valence-electron chi connectivity index (χ0n) is 10.7. The molecule has 1 unspecified atom stereocenters. The Hall–Kier alpha value is -1.31. The van der Waals surface area contributed by atoms with Crippen molar-refractivity contribution in [3.63, 3.8) is 0 Å². The van der Waals surface area contributed by atoms with E-state index in [0.717, 1.165) is 12.1 Å². The zero-order valence-corrected chi connectivity index (χ0v) is 11.6. The number of hydrogen-bond acceptors (Lipinski definition) is 3. The van der Waals surface area contributed by atoms with E-state index in [1.807, 2.05) is 0 Å². The summed E-state index contributed by atoms with van der Waals surface area (Å²) in [5, 5.41) is 2.38. The molecule has 0 bridgehead atoms. The minimum absolute atomic E-state index is 0. The van der Waals surface area contributed by atoms with Crippen molar-refractivity contribution in [3.05, 3.63) is 29.8 Å². The molecule has 0 aliphatic rings.